The van der Waals surface area contributed by atoms with Crippen molar-refractivity contribution in [2.24, 2.45) is 0 Å². The normalized spacial score (nSPS) is 16.1. The molecule has 1 saturated heterocycles. The molecule has 18 heavy (non-hydrogen) atoms. The summed E-state index contributed by atoms with van der Waals surface area (Å²) in [6, 6.07) is 0. The van der Waals surface area contributed by atoms with Gasteiger partial charge in [-0.15, -0.1) is 0 Å². The maximum atomic E-state index is 11.4. The predicted octanol–water partition coefficient (Wildman–Crippen LogP) is 1.21. The van der Waals surface area contributed by atoms with Crippen molar-refractivity contribution in [2.75, 3.05) is 19.8 Å². The van der Waals surface area contributed by atoms with E-state index in [-0.39, 0.29) is 12.3 Å². The minimum absolute atomic E-state index is 0.0786. The van der Waals surface area contributed by atoms with Crippen molar-refractivity contribution < 1.29 is 19.0 Å². The Kier molecular flexibility index (Phi) is 4.72. The van der Waals surface area contributed by atoms with Gasteiger partial charge in [-0.2, -0.15) is 5.10 Å². The second-order valence-corrected chi connectivity index (χ2v) is 4.03. The number of aryl methyl sites for hydroxylation is 1. The van der Waals surface area contributed by atoms with E-state index in [1.54, 1.807) is 17.8 Å². The van der Waals surface area contributed by atoms with Crippen molar-refractivity contribution in [3.05, 3.63) is 18.0 Å². The van der Waals surface area contributed by atoms with Crippen molar-refractivity contribution in [2.45, 2.75) is 32.6 Å². The van der Waals surface area contributed by atoms with E-state index in [9.17, 15) is 4.79 Å². The predicted molar refractivity (Wildman–Crippen MR) is 63.1 cm³/mol. The molecule has 2 rings (SSSR count). The first-order valence-corrected chi connectivity index (χ1v) is 6.22. The summed E-state index contributed by atoms with van der Waals surface area (Å²) in [5.41, 5.74) is 0.491. The molecule has 1 aliphatic heterocycles. The zero-order valence-electron chi connectivity index (χ0n) is 10.5. The number of aromatic nitrogens is 2. The molecule has 0 aliphatic carbocycles. The number of hydrogen-bond acceptors (Lipinski definition) is 5. The van der Waals surface area contributed by atoms with Crippen LogP contribution in [0.2, 0.25) is 0 Å². The van der Waals surface area contributed by atoms with Gasteiger partial charge in [0, 0.05) is 19.2 Å². The lowest BCUT2D eigenvalue weighted by molar-refractivity contribution is -0.0483. The van der Waals surface area contributed by atoms with E-state index in [1.165, 1.54) is 6.20 Å². The van der Waals surface area contributed by atoms with Gasteiger partial charge >= 0.3 is 5.97 Å². The Morgan fingerprint density at radius 3 is 3.06 bits per heavy atom. The second kappa shape index (κ2) is 6.51. The molecule has 1 aromatic heterocycles. The average Bonchev–Trinajstić information content (AvgIpc) is 3.00. The molecule has 0 N–H and O–H groups in total. The molecule has 1 aromatic rings. The summed E-state index contributed by atoms with van der Waals surface area (Å²) in [7, 11) is 0. The van der Waals surface area contributed by atoms with Crippen molar-refractivity contribution in [3.8, 4) is 0 Å². The van der Waals surface area contributed by atoms with Gasteiger partial charge < -0.3 is 14.2 Å². The molecule has 0 bridgehead atoms. The minimum atomic E-state index is -0.328. The average molecular weight is 254 g/mol. The number of hydrogen-bond donors (Lipinski definition) is 0. The molecule has 0 amide bonds. The summed E-state index contributed by atoms with van der Waals surface area (Å²) in [5.74, 6) is -0.328. The lowest BCUT2D eigenvalue weighted by atomic mass is 10.3. The summed E-state index contributed by atoms with van der Waals surface area (Å²) >= 11 is 0. The smallest absolute Gasteiger partial charge is 0.341 e. The summed E-state index contributed by atoms with van der Waals surface area (Å²) < 4.78 is 17.3. The van der Waals surface area contributed by atoms with Crippen LogP contribution in [0.1, 0.15) is 30.1 Å². The molecule has 1 aliphatic rings. The van der Waals surface area contributed by atoms with E-state index in [4.69, 9.17) is 14.2 Å². The molecule has 1 fully saturated rings. The molecular weight excluding hydrogens is 236 g/mol. The summed E-state index contributed by atoms with van der Waals surface area (Å²) in [4.78, 5) is 11.4. The van der Waals surface area contributed by atoms with E-state index in [0.717, 1.165) is 19.4 Å². The number of rotatable bonds is 6. The van der Waals surface area contributed by atoms with Crippen LogP contribution in [0.3, 0.4) is 0 Å². The first-order valence-electron chi connectivity index (χ1n) is 6.22. The van der Waals surface area contributed by atoms with Gasteiger partial charge in [-0.05, 0) is 13.3 Å². The van der Waals surface area contributed by atoms with Gasteiger partial charge in [0.2, 0.25) is 0 Å². The quantitative estimate of drug-likeness (QED) is 0.714. The van der Waals surface area contributed by atoms with Gasteiger partial charge in [0.05, 0.1) is 31.6 Å². The van der Waals surface area contributed by atoms with E-state index < -0.39 is 0 Å². The molecule has 0 spiro atoms. The summed E-state index contributed by atoms with van der Waals surface area (Å²) in [6.07, 6.45) is 4.89. The Morgan fingerprint density at radius 2 is 2.33 bits per heavy atom. The fourth-order valence-corrected chi connectivity index (χ4v) is 1.80. The Balaban J connectivity index is 1.74. The zero-order chi connectivity index (χ0) is 12.8. The third-order valence-electron chi connectivity index (χ3n) is 2.66. The van der Waals surface area contributed by atoms with Gasteiger partial charge in [-0.3, -0.25) is 4.68 Å². The number of carbonyl (C=O) groups excluding carboxylic acids is 1. The topological polar surface area (TPSA) is 62.6 Å². The monoisotopic (exact) mass is 254 g/mol. The Hall–Kier alpha value is -1.40. The van der Waals surface area contributed by atoms with Crippen LogP contribution in [0, 0.1) is 0 Å². The highest BCUT2D eigenvalue weighted by Gasteiger charge is 2.15. The highest BCUT2D eigenvalue weighted by Crippen LogP contribution is 2.11. The SMILES string of the molecule is CCOC(=O)c1cnn(CCCC2OCCO2)c1. The summed E-state index contributed by atoms with van der Waals surface area (Å²) in [5, 5.41) is 4.12. The van der Waals surface area contributed by atoms with Gasteiger partial charge in [0.1, 0.15) is 0 Å². The van der Waals surface area contributed by atoms with Crippen LogP contribution in [-0.4, -0.2) is 41.9 Å². The lowest BCUT2D eigenvalue weighted by Crippen LogP contribution is -2.09. The van der Waals surface area contributed by atoms with E-state index in [1.807, 2.05) is 0 Å². The van der Waals surface area contributed by atoms with Crippen LogP contribution in [0.5, 0.6) is 0 Å². The van der Waals surface area contributed by atoms with Crippen molar-refractivity contribution >= 4 is 5.97 Å². The van der Waals surface area contributed by atoms with Crippen LogP contribution in [-0.2, 0) is 20.8 Å². The molecule has 6 heteroatoms. The maximum Gasteiger partial charge on any atom is 0.341 e. The highest BCUT2D eigenvalue weighted by molar-refractivity contribution is 5.88. The number of ether oxygens (including phenoxy) is 3. The molecule has 0 aromatic carbocycles. The fraction of sp³-hybridized carbons (Fsp3) is 0.667. The number of esters is 1. The minimum Gasteiger partial charge on any atom is -0.462 e. The molecule has 0 radical (unpaired) electrons. The van der Waals surface area contributed by atoms with E-state index in [0.29, 0.717) is 25.4 Å². The standard InChI is InChI=1S/C12H18N2O4/c1-2-16-12(15)10-8-13-14(9-10)5-3-4-11-17-6-7-18-11/h8-9,11H,2-7H2,1H3. The highest BCUT2D eigenvalue weighted by atomic mass is 16.7. The zero-order valence-corrected chi connectivity index (χ0v) is 10.5. The molecule has 0 saturated carbocycles. The van der Waals surface area contributed by atoms with Crippen LogP contribution >= 0.6 is 0 Å². The summed E-state index contributed by atoms with van der Waals surface area (Å²) in [6.45, 7) is 4.26. The molecular formula is C12H18N2O4. The molecule has 100 valence electrons. The largest absolute Gasteiger partial charge is 0.462 e. The molecule has 6 nitrogen and oxygen atoms in total. The number of carbonyl (C=O) groups is 1. The lowest BCUT2D eigenvalue weighted by Gasteiger charge is -2.08. The third-order valence-corrected chi connectivity index (χ3v) is 2.66. The van der Waals surface area contributed by atoms with Crippen LogP contribution < -0.4 is 0 Å². The Labute approximate surface area is 106 Å². The van der Waals surface area contributed by atoms with E-state index in [2.05, 4.69) is 5.10 Å². The van der Waals surface area contributed by atoms with E-state index >= 15 is 0 Å². The second-order valence-electron chi connectivity index (χ2n) is 4.03. The maximum absolute atomic E-state index is 11.4. The van der Waals surface area contributed by atoms with Gasteiger partial charge in [0.25, 0.3) is 0 Å². The third kappa shape index (κ3) is 3.54. The fourth-order valence-electron chi connectivity index (χ4n) is 1.80. The molecule has 2 heterocycles. The van der Waals surface area contributed by atoms with Crippen molar-refractivity contribution in [1.29, 1.82) is 0 Å². The van der Waals surface area contributed by atoms with Gasteiger partial charge in [0.15, 0.2) is 6.29 Å². The van der Waals surface area contributed by atoms with Gasteiger partial charge in [-0.1, -0.05) is 0 Å². The Bertz CT molecular complexity index is 385. The molecule has 0 unspecified atom stereocenters. The Morgan fingerprint density at radius 1 is 1.56 bits per heavy atom. The first kappa shape index (κ1) is 13.0. The van der Waals surface area contributed by atoms with Crippen LogP contribution in [0.25, 0.3) is 0 Å². The first-order chi connectivity index (χ1) is 8.79. The van der Waals surface area contributed by atoms with Gasteiger partial charge in [-0.25, -0.2) is 4.79 Å². The van der Waals surface area contributed by atoms with Crippen LogP contribution in [0.15, 0.2) is 12.4 Å². The van der Waals surface area contributed by atoms with Crippen LogP contribution in [0.4, 0.5) is 0 Å². The molecule has 0 atom stereocenters. The van der Waals surface area contributed by atoms with Crippen molar-refractivity contribution in [1.82, 2.24) is 9.78 Å². The van der Waals surface area contributed by atoms with Crippen molar-refractivity contribution in [3.63, 3.8) is 0 Å². The number of nitrogens with zero attached hydrogens (tertiary/aromatic N) is 2.